The van der Waals surface area contributed by atoms with E-state index in [1.807, 2.05) is 0 Å². The molecule has 0 atom stereocenters. The zero-order valence-corrected chi connectivity index (χ0v) is 10.5. The third-order valence-corrected chi connectivity index (χ3v) is 2.28. The predicted molar refractivity (Wildman–Crippen MR) is 63.2 cm³/mol. The largest absolute Gasteiger partial charge is 0.484 e. The SMILES string of the molecule is O=C(Cl)COc1cccc(C(=O)Cl)c1C(=O)Cl. The predicted octanol–water partition coefficient (Wildman–Crippen LogP) is 2.59. The second-order valence-electron chi connectivity index (χ2n) is 2.87. The summed E-state index contributed by atoms with van der Waals surface area (Å²) in [6.07, 6.45) is 0. The standard InChI is InChI=1S/C10H5Cl3O4/c11-7(14)4-17-6-3-1-2-5(9(12)15)8(6)10(13)16/h1-3H,4H2. The van der Waals surface area contributed by atoms with Gasteiger partial charge in [-0.2, -0.15) is 0 Å². The fourth-order valence-electron chi connectivity index (χ4n) is 1.15. The molecule has 1 aromatic carbocycles. The van der Waals surface area contributed by atoms with E-state index in [0.29, 0.717) is 0 Å². The summed E-state index contributed by atoms with van der Waals surface area (Å²) in [5.41, 5.74) is -0.279. The van der Waals surface area contributed by atoms with Crippen molar-refractivity contribution in [1.82, 2.24) is 0 Å². The number of ether oxygens (including phenoxy) is 1. The lowest BCUT2D eigenvalue weighted by Crippen LogP contribution is -2.09. The van der Waals surface area contributed by atoms with Crippen LogP contribution in [-0.4, -0.2) is 22.3 Å². The molecule has 0 spiro atoms. The van der Waals surface area contributed by atoms with Crippen molar-refractivity contribution in [3.8, 4) is 5.75 Å². The van der Waals surface area contributed by atoms with Crippen molar-refractivity contribution in [3.63, 3.8) is 0 Å². The van der Waals surface area contributed by atoms with Gasteiger partial charge < -0.3 is 4.74 Å². The van der Waals surface area contributed by atoms with E-state index in [4.69, 9.17) is 39.5 Å². The van der Waals surface area contributed by atoms with Gasteiger partial charge in [0.05, 0.1) is 5.56 Å². The van der Waals surface area contributed by atoms with Gasteiger partial charge in [-0.3, -0.25) is 14.4 Å². The van der Waals surface area contributed by atoms with Crippen LogP contribution < -0.4 is 4.74 Å². The molecule has 0 radical (unpaired) electrons. The van der Waals surface area contributed by atoms with E-state index >= 15 is 0 Å². The van der Waals surface area contributed by atoms with E-state index in [0.717, 1.165) is 0 Å². The Morgan fingerprint density at radius 1 is 1.06 bits per heavy atom. The van der Waals surface area contributed by atoms with Crippen molar-refractivity contribution in [3.05, 3.63) is 29.3 Å². The van der Waals surface area contributed by atoms with Gasteiger partial charge in [-0.05, 0) is 46.9 Å². The van der Waals surface area contributed by atoms with Gasteiger partial charge in [0.2, 0.25) is 0 Å². The van der Waals surface area contributed by atoms with Crippen LogP contribution in [-0.2, 0) is 4.79 Å². The lowest BCUT2D eigenvalue weighted by Gasteiger charge is -2.09. The van der Waals surface area contributed by atoms with Crippen LogP contribution in [0.3, 0.4) is 0 Å². The van der Waals surface area contributed by atoms with Crippen molar-refractivity contribution < 1.29 is 19.1 Å². The molecule has 0 bridgehead atoms. The first-order valence-electron chi connectivity index (χ1n) is 4.27. The van der Waals surface area contributed by atoms with Crippen LogP contribution in [0.1, 0.15) is 20.7 Å². The molecular formula is C10H5Cl3O4. The highest BCUT2D eigenvalue weighted by molar-refractivity contribution is 6.72. The zero-order chi connectivity index (χ0) is 13.0. The smallest absolute Gasteiger partial charge is 0.259 e. The molecule has 0 amide bonds. The summed E-state index contributed by atoms with van der Waals surface area (Å²) in [6.45, 7) is -0.446. The molecule has 0 aromatic heterocycles. The Morgan fingerprint density at radius 2 is 1.71 bits per heavy atom. The van der Waals surface area contributed by atoms with Gasteiger partial charge in [-0.25, -0.2) is 0 Å². The van der Waals surface area contributed by atoms with Crippen LogP contribution in [0.15, 0.2) is 18.2 Å². The zero-order valence-electron chi connectivity index (χ0n) is 8.21. The van der Waals surface area contributed by atoms with E-state index in [1.165, 1.54) is 18.2 Å². The van der Waals surface area contributed by atoms with Gasteiger partial charge >= 0.3 is 0 Å². The van der Waals surface area contributed by atoms with Gasteiger partial charge in [0.25, 0.3) is 15.7 Å². The molecule has 4 nitrogen and oxygen atoms in total. The molecule has 0 heterocycles. The molecular weight excluding hydrogens is 290 g/mol. The summed E-state index contributed by atoms with van der Waals surface area (Å²) in [7, 11) is 0. The molecule has 0 fully saturated rings. The Balaban J connectivity index is 3.20. The summed E-state index contributed by atoms with van der Waals surface area (Å²) in [6, 6.07) is 4.13. The lowest BCUT2D eigenvalue weighted by molar-refractivity contribution is -0.113. The molecule has 0 saturated heterocycles. The molecule has 7 heteroatoms. The van der Waals surface area contributed by atoms with Crippen molar-refractivity contribution >= 4 is 50.5 Å². The molecule has 0 unspecified atom stereocenters. The van der Waals surface area contributed by atoms with E-state index in [2.05, 4.69) is 0 Å². The highest BCUT2D eigenvalue weighted by Gasteiger charge is 2.19. The van der Waals surface area contributed by atoms with E-state index in [9.17, 15) is 14.4 Å². The molecule has 0 aliphatic rings. The minimum Gasteiger partial charge on any atom is -0.484 e. The number of rotatable bonds is 5. The summed E-state index contributed by atoms with van der Waals surface area (Å²) in [5, 5.41) is -2.51. The summed E-state index contributed by atoms with van der Waals surface area (Å²) in [5.74, 6) is -0.0227. The van der Waals surface area contributed by atoms with Crippen molar-refractivity contribution in [2.45, 2.75) is 0 Å². The quantitative estimate of drug-likeness (QED) is 0.783. The highest BCUT2D eigenvalue weighted by Crippen LogP contribution is 2.25. The average molecular weight is 296 g/mol. The van der Waals surface area contributed by atoms with Gasteiger partial charge in [0.15, 0.2) is 6.61 Å². The van der Waals surface area contributed by atoms with Crippen LogP contribution >= 0.6 is 34.8 Å². The highest BCUT2D eigenvalue weighted by atomic mass is 35.5. The molecule has 90 valence electrons. The minimum absolute atomic E-state index is 0.0227. The van der Waals surface area contributed by atoms with Gasteiger partial charge in [-0.1, -0.05) is 6.07 Å². The Kier molecular flexibility index (Phi) is 4.93. The summed E-state index contributed by atoms with van der Waals surface area (Å²) < 4.78 is 4.95. The Bertz CT molecular complexity index is 484. The molecule has 0 N–H and O–H groups in total. The number of hydrogen-bond acceptors (Lipinski definition) is 4. The number of carbonyl (C=O) groups is 3. The normalized spacial score (nSPS) is 9.82. The maximum atomic E-state index is 11.2. The molecule has 1 rings (SSSR count). The lowest BCUT2D eigenvalue weighted by atomic mass is 10.1. The van der Waals surface area contributed by atoms with Crippen molar-refractivity contribution in [2.75, 3.05) is 6.61 Å². The first-order chi connectivity index (χ1) is 7.93. The molecule has 0 aliphatic carbocycles. The number of halogens is 3. The van der Waals surface area contributed by atoms with Gasteiger partial charge in [0.1, 0.15) is 5.75 Å². The van der Waals surface area contributed by atoms with Crippen LogP contribution in [0.2, 0.25) is 0 Å². The minimum atomic E-state index is -0.911. The van der Waals surface area contributed by atoms with E-state index in [-0.39, 0.29) is 16.9 Å². The second-order valence-corrected chi connectivity index (χ2v) is 3.98. The van der Waals surface area contributed by atoms with Gasteiger partial charge in [-0.15, -0.1) is 0 Å². The fourth-order valence-corrected chi connectivity index (χ4v) is 1.56. The summed E-state index contributed by atoms with van der Waals surface area (Å²) >= 11 is 15.7. The first kappa shape index (κ1) is 14.0. The molecule has 1 aromatic rings. The maximum absolute atomic E-state index is 11.2. The van der Waals surface area contributed by atoms with Gasteiger partial charge in [0, 0.05) is 5.56 Å². The third kappa shape index (κ3) is 3.70. The monoisotopic (exact) mass is 294 g/mol. The number of hydrogen-bond donors (Lipinski definition) is 0. The van der Waals surface area contributed by atoms with Crippen LogP contribution in [0.4, 0.5) is 0 Å². The van der Waals surface area contributed by atoms with Crippen molar-refractivity contribution in [1.29, 1.82) is 0 Å². The number of carbonyl (C=O) groups excluding carboxylic acids is 3. The first-order valence-corrected chi connectivity index (χ1v) is 5.40. The summed E-state index contributed by atoms with van der Waals surface area (Å²) in [4.78, 5) is 32.8. The second kappa shape index (κ2) is 6.00. The van der Waals surface area contributed by atoms with Crippen LogP contribution in [0, 0.1) is 0 Å². The number of benzene rings is 1. The van der Waals surface area contributed by atoms with Crippen molar-refractivity contribution in [2.24, 2.45) is 0 Å². The van der Waals surface area contributed by atoms with E-state index < -0.39 is 22.3 Å². The molecule has 0 aliphatic heterocycles. The molecule has 0 saturated carbocycles. The van der Waals surface area contributed by atoms with E-state index in [1.54, 1.807) is 0 Å². The third-order valence-electron chi connectivity index (χ3n) is 1.78. The Morgan fingerprint density at radius 3 is 2.18 bits per heavy atom. The topological polar surface area (TPSA) is 60.4 Å². The molecule has 17 heavy (non-hydrogen) atoms. The fraction of sp³-hybridized carbons (Fsp3) is 0.100. The maximum Gasteiger partial charge on any atom is 0.259 e. The Hall–Kier alpha value is -1.10. The average Bonchev–Trinajstić information content (AvgIpc) is 2.25. The van der Waals surface area contributed by atoms with Crippen LogP contribution in [0.25, 0.3) is 0 Å². The van der Waals surface area contributed by atoms with Crippen LogP contribution in [0.5, 0.6) is 5.75 Å². The Labute approximate surface area is 111 Å².